The van der Waals surface area contributed by atoms with Gasteiger partial charge in [0.05, 0.1) is 6.20 Å². The van der Waals surface area contributed by atoms with E-state index in [2.05, 4.69) is 16.5 Å². The van der Waals surface area contributed by atoms with Gasteiger partial charge in [-0.2, -0.15) is 4.98 Å². The zero-order valence-electron chi connectivity index (χ0n) is 18.1. The molecule has 2 aromatic rings. The Balaban J connectivity index is 1.76. The van der Waals surface area contributed by atoms with Gasteiger partial charge in [0.2, 0.25) is 11.9 Å². The van der Waals surface area contributed by atoms with E-state index in [-0.39, 0.29) is 23.6 Å². The molecule has 4 rings (SSSR count). The summed E-state index contributed by atoms with van der Waals surface area (Å²) in [6.45, 7) is 8.37. The molecule has 2 aliphatic rings. The lowest BCUT2D eigenvalue weighted by Crippen LogP contribution is -2.57. The molecule has 1 fully saturated rings. The Labute approximate surface area is 181 Å². The Morgan fingerprint density at radius 3 is 2.61 bits per heavy atom. The van der Waals surface area contributed by atoms with Crippen molar-refractivity contribution in [2.45, 2.75) is 51.6 Å². The second-order valence-corrected chi connectivity index (χ2v) is 8.01. The van der Waals surface area contributed by atoms with Gasteiger partial charge >= 0.3 is 0 Å². The molecule has 1 aromatic carbocycles. The van der Waals surface area contributed by atoms with Gasteiger partial charge in [0.1, 0.15) is 23.4 Å². The predicted molar refractivity (Wildman–Crippen MR) is 118 cm³/mol. The molecule has 2 heterocycles. The summed E-state index contributed by atoms with van der Waals surface area (Å²) in [5, 5.41) is 0. The van der Waals surface area contributed by atoms with E-state index in [1.165, 1.54) is 12.1 Å². The number of hydrogen-bond donors (Lipinski definition) is 0. The maximum atomic E-state index is 14.4. The number of hydrogen-bond acceptors (Lipinski definition) is 5. The Morgan fingerprint density at radius 2 is 2.03 bits per heavy atom. The molecule has 6 nitrogen and oxygen atoms in total. The molecule has 8 heteroatoms. The molecule has 31 heavy (non-hydrogen) atoms. The van der Waals surface area contributed by atoms with E-state index in [1.54, 1.807) is 23.0 Å². The largest absolute Gasteiger partial charge is 0.340 e. The second kappa shape index (κ2) is 8.24. The maximum absolute atomic E-state index is 14.4. The smallest absolute Gasteiger partial charge is 0.249 e. The number of fused-ring (bicyclic) bond motifs is 1. The van der Waals surface area contributed by atoms with Crippen LogP contribution in [0, 0.1) is 11.6 Å². The molecule has 0 bridgehead atoms. The number of nitrogens with zero attached hydrogens (tertiary/aromatic N) is 5. The van der Waals surface area contributed by atoms with E-state index in [9.17, 15) is 13.6 Å². The monoisotopic (exact) mass is 427 g/mol. The van der Waals surface area contributed by atoms with Crippen LogP contribution in [0.25, 0.3) is 5.70 Å². The van der Waals surface area contributed by atoms with Gasteiger partial charge < -0.3 is 14.7 Å². The molecule has 0 saturated heterocycles. The summed E-state index contributed by atoms with van der Waals surface area (Å²) in [5.74, 6) is -0.194. The van der Waals surface area contributed by atoms with Gasteiger partial charge in [-0.1, -0.05) is 13.5 Å². The lowest BCUT2D eigenvalue weighted by molar-refractivity contribution is -0.120. The first-order valence-corrected chi connectivity index (χ1v) is 10.7. The molecule has 164 valence electrons. The molecule has 0 radical (unpaired) electrons. The van der Waals surface area contributed by atoms with E-state index in [1.807, 2.05) is 13.8 Å². The number of halogens is 2. The number of rotatable bonds is 6. The third-order valence-corrected chi connectivity index (χ3v) is 6.27. The number of aromatic nitrogens is 2. The van der Waals surface area contributed by atoms with Crippen LogP contribution in [0.2, 0.25) is 0 Å². The van der Waals surface area contributed by atoms with Gasteiger partial charge in [0.25, 0.3) is 0 Å². The van der Waals surface area contributed by atoms with Crippen molar-refractivity contribution in [3.05, 3.63) is 48.2 Å². The highest BCUT2D eigenvalue weighted by Gasteiger charge is 2.42. The number of carbonyl (C=O) groups is 1. The first kappa shape index (κ1) is 21.2. The van der Waals surface area contributed by atoms with E-state index in [0.29, 0.717) is 30.3 Å². The van der Waals surface area contributed by atoms with Crippen LogP contribution >= 0.6 is 0 Å². The Bertz CT molecular complexity index is 1020. The van der Waals surface area contributed by atoms with Crippen molar-refractivity contribution in [2.24, 2.45) is 0 Å². The van der Waals surface area contributed by atoms with Crippen LogP contribution < -0.4 is 14.7 Å². The van der Waals surface area contributed by atoms with Gasteiger partial charge in [-0.3, -0.25) is 4.79 Å². The van der Waals surface area contributed by atoms with Crippen LogP contribution in [0.5, 0.6) is 0 Å². The fourth-order valence-corrected chi connectivity index (χ4v) is 4.31. The molecule has 1 saturated carbocycles. The minimum absolute atomic E-state index is 0.0448. The Morgan fingerprint density at radius 1 is 1.29 bits per heavy atom. The van der Waals surface area contributed by atoms with Crippen molar-refractivity contribution >= 4 is 29.1 Å². The van der Waals surface area contributed by atoms with E-state index in [0.717, 1.165) is 31.1 Å². The second-order valence-electron chi connectivity index (χ2n) is 8.01. The summed E-state index contributed by atoms with van der Waals surface area (Å²) in [5.41, 5.74) is 1.21. The van der Waals surface area contributed by atoms with Crippen LogP contribution in [0.4, 0.5) is 26.2 Å². The van der Waals surface area contributed by atoms with Crippen molar-refractivity contribution in [1.82, 2.24) is 9.97 Å². The highest BCUT2D eigenvalue weighted by molar-refractivity contribution is 6.04. The van der Waals surface area contributed by atoms with Crippen molar-refractivity contribution in [3.8, 4) is 0 Å². The Kier molecular flexibility index (Phi) is 5.64. The van der Waals surface area contributed by atoms with Crippen LogP contribution in [0.1, 0.15) is 45.1 Å². The quantitative estimate of drug-likeness (QED) is 0.685. The highest BCUT2D eigenvalue weighted by Crippen LogP contribution is 2.41. The number of likely N-dealkylation sites (N-methyl/N-ethyl adjacent to an activating group) is 1. The minimum Gasteiger partial charge on any atom is -0.340 e. The van der Waals surface area contributed by atoms with Gasteiger partial charge in [-0.05, 0) is 44.7 Å². The van der Waals surface area contributed by atoms with Crippen LogP contribution in [0.3, 0.4) is 0 Å². The van der Waals surface area contributed by atoms with Crippen LogP contribution in [0.15, 0.2) is 31.0 Å². The van der Waals surface area contributed by atoms with Crippen molar-refractivity contribution < 1.29 is 13.6 Å². The predicted octanol–water partition coefficient (Wildman–Crippen LogP) is 4.37. The lowest BCUT2D eigenvalue weighted by atomic mass is 9.88. The third kappa shape index (κ3) is 3.54. The number of carbonyl (C=O) groups excluding carboxylic acids is 1. The average Bonchev–Trinajstić information content (AvgIpc) is 2.71. The van der Waals surface area contributed by atoms with Gasteiger partial charge in [0, 0.05) is 37.0 Å². The fourth-order valence-electron chi connectivity index (χ4n) is 4.31. The summed E-state index contributed by atoms with van der Waals surface area (Å²) in [6, 6.07) is 3.42. The normalized spacial score (nSPS) is 18.6. The molecular weight excluding hydrogens is 400 g/mol. The first-order chi connectivity index (χ1) is 14.9. The summed E-state index contributed by atoms with van der Waals surface area (Å²) < 4.78 is 27.7. The SMILES string of the molecule is C=C(c1ccc(F)cc1F)N(CC)c1ncc2c(n1)N(C1CCC1)C(CC)C(=O)N2C. The topological polar surface area (TPSA) is 52.6 Å². The van der Waals surface area contributed by atoms with Crippen LogP contribution in [-0.4, -0.2) is 41.6 Å². The van der Waals surface area contributed by atoms with Gasteiger partial charge in [0.15, 0.2) is 5.82 Å². The van der Waals surface area contributed by atoms with Crippen LogP contribution in [-0.2, 0) is 4.79 Å². The molecule has 1 amide bonds. The highest BCUT2D eigenvalue weighted by atomic mass is 19.1. The summed E-state index contributed by atoms with van der Waals surface area (Å²) in [4.78, 5) is 27.7. The summed E-state index contributed by atoms with van der Waals surface area (Å²) >= 11 is 0. The standard InChI is InChI=1S/C23H27F2N5O/c1-5-19-22(31)28(4)20-13-26-23(27-21(20)30(19)16-8-7-9-16)29(6-2)14(3)17-11-10-15(24)12-18(17)25/h10-13,16,19H,3,5-9H2,1-2,4H3. The van der Waals surface area contributed by atoms with Gasteiger partial charge in [-0.15, -0.1) is 0 Å². The lowest BCUT2D eigenvalue weighted by Gasteiger charge is -2.47. The van der Waals surface area contributed by atoms with Crippen molar-refractivity contribution in [1.29, 1.82) is 0 Å². The fraction of sp³-hybridized carbons (Fsp3) is 0.435. The Hall–Kier alpha value is -3.03. The number of anilines is 3. The molecule has 0 N–H and O–H groups in total. The average molecular weight is 427 g/mol. The number of amides is 1. The molecular formula is C23H27F2N5O. The molecule has 1 aliphatic carbocycles. The summed E-state index contributed by atoms with van der Waals surface area (Å²) in [6.07, 6.45) is 5.51. The molecule has 1 aliphatic heterocycles. The zero-order chi connectivity index (χ0) is 22.3. The zero-order valence-corrected chi connectivity index (χ0v) is 18.1. The minimum atomic E-state index is -0.686. The van der Waals surface area contributed by atoms with E-state index >= 15 is 0 Å². The third-order valence-electron chi connectivity index (χ3n) is 6.27. The summed E-state index contributed by atoms with van der Waals surface area (Å²) in [7, 11) is 1.75. The van der Waals surface area contributed by atoms with E-state index in [4.69, 9.17) is 4.98 Å². The maximum Gasteiger partial charge on any atom is 0.249 e. The molecule has 1 aromatic heterocycles. The molecule has 0 spiro atoms. The molecule has 1 unspecified atom stereocenters. The van der Waals surface area contributed by atoms with E-state index < -0.39 is 11.6 Å². The molecule has 1 atom stereocenters. The van der Waals surface area contributed by atoms with Crippen molar-refractivity contribution in [2.75, 3.05) is 28.3 Å². The number of benzene rings is 1. The van der Waals surface area contributed by atoms with Gasteiger partial charge in [-0.25, -0.2) is 13.8 Å². The van der Waals surface area contributed by atoms with Crippen molar-refractivity contribution in [3.63, 3.8) is 0 Å². The first-order valence-electron chi connectivity index (χ1n) is 10.7.